The van der Waals surface area contributed by atoms with Gasteiger partial charge in [-0.15, -0.1) is 0 Å². The second kappa shape index (κ2) is 10.9. The Hall–Kier alpha value is -1.79. The molecule has 7 heteroatoms. The Morgan fingerprint density at radius 2 is 1.58 bits per heavy atom. The highest BCUT2D eigenvalue weighted by Gasteiger charge is 2.39. The maximum absolute atomic E-state index is 12.2. The third-order valence-electron chi connectivity index (χ3n) is 3.07. The van der Waals surface area contributed by atoms with Crippen LogP contribution in [0.2, 0.25) is 0 Å². The van der Waals surface area contributed by atoms with Crippen molar-refractivity contribution in [3.8, 4) is 0 Å². The third kappa shape index (κ3) is 11.7. The minimum absolute atomic E-state index is 0.0769. The van der Waals surface area contributed by atoms with Crippen molar-refractivity contribution in [2.45, 2.75) is 65.7 Å². The molecule has 0 amide bonds. The van der Waals surface area contributed by atoms with Gasteiger partial charge in [0.05, 0.1) is 12.8 Å². The topological polar surface area (TPSA) is 52.6 Å². The van der Waals surface area contributed by atoms with Crippen molar-refractivity contribution < 1.29 is 32.2 Å². The molecule has 0 aromatic carbocycles. The molecule has 0 aromatic heterocycles. The van der Waals surface area contributed by atoms with Crippen molar-refractivity contribution in [1.82, 2.24) is 0 Å². The summed E-state index contributed by atoms with van der Waals surface area (Å²) in [6.45, 7) is 6.76. The molecule has 0 aromatic rings. The van der Waals surface area contributed by atoms with E-state index in [1.165, 1.54) is 5.57 Å². The fraction of sp³-hybridized carbons (Fsp3) is 0.647. The van der Waals surface area contributed by atoms with Crippen LogP contribution in [0.3, 0.4) is 0 Å². The molecule has 0 aliphatic heterocycles. The summed E-state index contributed by atoms with van der Waals surface area (Å²) in [4.78, 5) is 22.6. The van der Waals surface area contributed by atoms with Gasteiger partial charge < -0.3 is 9.47 Å². The van der Waals surface area contributed by atoms with E-state index in [-0.39, 0.29) is 13.0 Å². The zero-order valence-corrected chi connectivity index (χ0v) is 14.5. The molecular formula is C17H25F3O4. The van der Waals surface area contributed by atoms with E-state index in [1.54, 1.807) is 6.08 Å². The van der Waals surface area contributed by atoms with Gasteiger partial charge >= 0.3 is 18.1 Å². The molecule has 0 rings (SSSR count). The van der Waals surface area contributed by atoms with Gasteiger partial charge in [0, 0.05) is 0 Å². The summed E-state index contributed by atoms with van der Waals surface area (Å²) in [6.07, 6.45) is -1.92. The van der Waals surface area contributed by atoms with Crippen LogP contribution in [0.5, 0.6) is 0 Å². The summed E-state index contributed by atoms with van der Waals surface area (Å²) in [7, 11) is 0. The van der Waals surface area contributed by atoms with Crippen molar-refractivity contribution in [1.29, 1.82) is 0 Å². The Morgan fingerprint density at radius 1 is 1.00 bits per heavy atom. The lowest BCUT2D eigenvalue weighted by molar-refractivity contribution is -0.216. The van der Waals surface area contributed by atoms with Gasteiger partial charge in [0.1, 0.15) is 6.61 Å². The van der Waals surface area contributed by atoms with E-state index in [1.807, 2.05) is 20.8 Å². The fourth-order valence-corrected chi connectivity index (χ4v) is 1.57. The van der Waals surface area contributed by atoms with Crippen LogP contribution >= 0.6 is 0 Å². The maximum atomic E-state index is 12.2. The number of alkyl halides is 3. The third-order valence-corrected chi connectivity index (χ3v) is 3.07. The van der Waals surface area contributed by atoms with Crippen LogP contribution in [0.4, 0.5) is 13.2 Å². The van der Waals surface area contributed by atoms with Crippen LogP contribution in [0, 0.1) is 0 Å². The average molecular weight is 350 g/mol. The van der Waals surface area contributed by atoms with Crippen LogP contribution in [-0.4, -0.2) is 30.8 Å². The van der Waals surface area contributed by atoms with Crippen LogP contribution in [0.1, 0.15) is 53.4 Å². The van der Waals surface area contributed by atoms with Crippen molar-refractivity contribution >= 4 is 11.9 Å². The van der Waals surface area contributed by atoms with Crippen LogP contribution in [0.15, 0.2) is 23.3 Å². The largest absolute Gasteiger partial charge is 0.461 e. The molecule has 1 atom stereocenters. The first-order valence-corrected chi connectivity index (χ1v) is 7.73. The van der Waals surface area contributed by atoms with Gasteiger partial charge in [-0.05, 0) is 46.6 Å². The summed E-state index contributed by atoms with van der Waals surface area (Å²) >= 11 is 0. The molecule has 0 spiro atoms. The van der Waals surface area contributed by atoms with E-state index < -0.39 is 30.6 Å². The number of esters is 2. The van der Waals surface area contributed by atoms with E-state index >= 15 is 0 Å². The fourth-order valence-electron chi connectivity index (χ4n) is 1.57. The molecule has 0 fully saturated rings. The first kappa shape index (κ1) is 22.2. The van der Waals surface area contributed by atoms with Crippen molar-refractivity contribution in [3.05, 3.63) is 23.3 Å². The van der Waals surface area contributed by atoms with E-state index in [0.717, 1.165) is 25.3 Å². The highest BCUT2D eigenvalue weighted by atomic mass is 19.4. The number of hydrogen-bond acceptors (Lipinski definition) is 4. The standard InChI is InChI=1S/C17H25F3O4/c1-12(2)6-5-7-13(3)10-11-23-15(21)8-9-16(22)24-14(4)17(18,19)20/h6,10,14H,5,7-9,11H2,1-4H3/b13-10+. The predicted octanol–water partition coefficient (Wildman–Crippen LogP) is 4.50. The van der Waals surface area contributed by atoms with Crippen LogP contribution in [-0.2, 0) is 19.1 Å². The van der Waals surface area contributed by atoms with Crippen LogP contribution < -0.4 is 0 Å². The van der Waals surface area contributed by atoms with Gasteiger partial charge in [0.15, 0.2) is 6.10 Å². The first-order valence-electron chi connectivity index (χ1n) is 7.73. The second-order valence-corrected chi connectivity index (χ2v) is 5.73. The molecule has 0 aliphatic carbocycles. The minimum atomic E-state index is -4.61. The first-order chi connectivity index (χ1) is 11.0. The lowest BCUT2D eigenvalue weighted by Gasteiger charge is -2.15. The van der Waals surface area contributed by atoms with Gasteiger partial charge in [-0.25, -0.2) is 0 Å². The number of allylic oxidation sites excluding steroid dienone is 3. The lowest BCUT2D eigenvalue weighted by Crippen LogP contribution is -2.31. The molecule has 0 radical (unpaired) electrons. The predicted molar refractivity (Wildman–Crippen MR) is 84.2 cm³/mol. The molecule has 0 heterocycles. The monoisotopic (exact) mass is 350 g/mol. The molecule has 0 bridgehead atoms. The number of hydrogen-bond donors (Lipinski definition) is 0. The van der Waals surface area contributed by atoms with E-state index in [2.05, 4.69) is 10.8 Å². The Kier molecular flexibility index (Phi) is 10.1. The van der Waals surface area contributed by atoms with Gasteiger partial charge in [0.25, 0.3) is 0 Å². The number of rotatable bonds is 9. The molecule has 0 saturated carbocycles. The summed E-state index contributed by atoms with van der Waals surface area (Å²) in [5, 5.41) is 0. The Morgan fingerprint density at radius 3 is 2.12 bits per heavy atom. The Bertz CT molecular complexity index is 475. The molecule has 138 valence electrons. The Balaban J connectivity index is 3.98. The van der Waals surface area contributed by atoms with E-state index in [0.29, 0.717) is 0 Å². The van der Waals surface area contributed by atoms with Gasteiger partial charge in [-0.1, -0.05) is 17.2 Å². The average Bonchev–Trinajstić information content (AvgIpc) is 2.43. The highest BCUT2D eigenvalue weighted by molar-refractivity contribution is 5.77. The minimum Gasteiger partial charge on any atom is -0.461 e. The second-order valence-electron chi connectivity index (χ2n) is 5.73. The quantitative estimate of drug-likeness (QED) is 0.454. The number of ether oxygens (including phenoxy) is 2. The zero-order chi connectivity index (χ0) is 18.8. The van der Waals surface area contributed by atoms with Gasteiger partial charge in [0.2, 0.25) is 0 Å². The summed E-state index contributed by atoms with van der Waals surface area (Å²) < 4.78 is 45.7. The number of halogens is 3. The number of carbonyl (C=O) groups is 2. The maximum Gasteiger partial charge on any atom is 0.425 e. The van der Waals surface area contributed by atoms with Crippen LogP contribution in [0.25, 0.3) is 0 Å². The molecule has 24 heavy (non-hydrogen) atoms. The zero-order valence-electron chi connectivity index (χ0n) is 14.5. The SMILES string of the molecule is CC(C)=CCC/C(C)=C/COC(=O)CCC(=O)OC(C)C(F)(F)F. The molecule has 1 unspecified atom stereocenters. The highest BCUT2D eigenvalue weighted by Crippen LogP contribution is 2.22. The Labute approximate surface area is 140 Å². The molecule has 4 nitrogen and oxygen atoms in total. The molecular weight excluding hydrogens is 325 g/mol. The normalized spacial score (nSPS) is 13.2. The molecule has 0 aliphatic rings. The van der Waals surface area contributed by atoms with Crippen molar-refractivity contribution in [2.24, 2.45) is 0 Å². The smallest absolute Gasteiger partial charge is 0.425 e. The van der Waals surface area contributed by atoms with E-state index in [4.69, 9.17) is 4.74 Å². The number of carbonyl (C=O) groups excluding carboxylic acids is 2. The molecule has 0 N–H and O–H groups in total. The van der Waals surface area contributed by atoms with Gasteiger partial charge in [-0.2, -0.15) is 13.2 Å². The van der Waals surface area contributed by atoms with Gasteiger partial charge in [-0.3, -0.25) is 9.59 Å². The van der Waals surface area contributed by atoms with Crippen molar-refractivity contribution in [3.63, 3.8) is 0 Å². The summed E-state index contributed by atoms with van der Waals surface area (Å²) in [6, 6.07) is 0. The lowest BCUT2D eigenvalue weighted by atomic mass is 10.1. The molecule has 0 saturated heterocycles. The summed E-state index contributed by atoms with van der Waals surface area (Å²) in [5.41, 5.74) is 2.31. The summed E-state index contributed by atoms with van der Waals surface area (Å²) in [5.74, 6) is -1.73. The van der Waals surface area contributed by atoms with E-state index in [9.17, 15) is 22.8 Å². The van der Waals surface area contributed by atoms with Crippen molar-refractivity contribution in [2.75, 3.05) is 6.61 Å².